The first-order valence-corrected chi connectivity index (χ1v) is 11.7. The van der Waals surface area contributed by atoms with Crippen LogP contribution in [-0.2, 0) is 0 Å². The smallest absolute Gasteiger partial charge is 0.289 e. The molecule has 0 radical (unpaired) electrons. The molecule has 1 aliphatic heterocycles. The van der Waals surface area contributed by atoms with Crippen molar-refractivity contribution in [3.8, 4) is 11.3 Å². The fraction of sp³-hybridized carbons (Fsp3) is 0.160. The Hall–Kier alpha value is -3.16. The summed E-state index contributed by atoms with van der Waals surface area (Å²) in [6.45, 7) is 1.75. The van der Waals surface area contributed by atoms with Crippen molar-refractivity contribution in [3.63, 3.8) is 0 Å². The first-order chi connectivity index (χ1) is 16.0. The van der Waals surface area contributed by atoms with E-state index in [0.717, 1.165) is 15.4 Å². The predicted octanol–water partition coefficient (Wildman–Crippen LogP) is 5.51. The minimum absolute atomic E-state index is 0.0982. The van der Waals surface area contributed by atoms with Crippen LogP contribution in [0.1, 0.15) is 20.9 Å². The number of furan rings is 1. The van der Waals surface area contributed by atoms with Gasteiger partial charge in [-0.1, -0.05) is 45.7 Å². The maximum absolute atomic E-state index is 13.6. The van der Waals surface area contributed by atoms with E-state index in [4.69, 9.17) is 21.0 Å². The summed E-state index contributed by atoms with van der Waals surface area (Å²) in [5.41, 5.74) is 2.69. The number of halogens is 2. The molecule has 4 aromatic rings. The van der Waals surface area contributed by atoms with Crippen molar-refractivity contribution in [1.29, 1.82) is 0 Å². The van der Waals surface area contributed by atoms with Crippen molar-refractivity contribution < 1.29 is 14.0 Å². The van der Waals surface area contributed by atoms with Crippen LogP contribution in [0.4, 0.5) is 0 Å². The van der Waals surface area contributed by atoms with Gasteiger partial charge in [0.1, 0.15) is 0 Å². The second-order valence-electron chi connectivity index (χ2n) is 7.76. The zero-order chi connectivity index (χ0) is 22.9. The maximum atomic E-state index is 13.6. The van der Waals surface area contributed by atoms with Gasteiger partial charge in [-0.25, -0.2) is 4.98 Å². The highest BCUT2D eigenvalue weighted by atomic mass is 79.9. The number of carbonyl (C=O) groups excluding carboxylic acids is 2. The number of hydrogen-bond donors (Lipinski definition) is 0. The summed E-state index contributed by atoms with van der Waals surface area (Å²) < 4.78 is 6.09. The number of aromatic nitrogens is 1. The largest absolute Gasteiger partial charge is 0.459 e. The van der Waals surface area contributed by atoms with Gasteiger partial charge >= 0.3 is 0 Å². The van der Waals surface area contributed by atoms with Crippen molar-refractivity contribution in [2.45, 2.75) is 0 Å². The van der Waals surface area contributed by atoms with Crippen LogP contribution >= 0.6 is 27.5 Å². The van der Waals surface area contributed by atoms with Gasteiger partial charge in [-0.05, 0) is 42.5 Å². The zero-order valence-corrected chi connectivity index (χ0v) is 19.8. The third-order valence-electron chi connectivity index (χ3n) is 5.74. The van der Waals surface area contributed by atoms with Gasteiger partial charge in [-0.15, -0.1) is 0 Å². The van der Waals surface area contributed by atoms with E-state index in [2.05, 4.69) is 15.9 Å². The molecule has 0 unspecified atom stereocenters. The summed E-state index contributed by atoms with van der Waals surface area (Å²) in [5, 5.41) is 1.34. The minimum Gasteiger partial charge on any atom is -0.459 e. The van der Waals surface area contributed by atoms with E-state index in [0.29, 0.717) is 53.7 Å². The molecule has 0 saturated carbocycles. The summed E-state index contributed by atoms with van der Waals surface area (Å²) in [5.74, 6) is 0.0504. The molecule has 8 heteroatoms. The summed E-state index contributed by atoms with van der Waals surface area (Å²) in [7, 11) is 0. The van der Waals surface area contributed by atoms with Gasteiger partial charge in [0.25, 0.3) is 11.8 Å². The average molecular weight is 525 g/mol. The summed E-state index contributed by atoms with van der Waals surface area (Å²) in [4.78, 5) is 34.4. The monoisotopic (exact) mass is 523 g/mol. The van der Waals surface area contributed by atoms with Crippen LogP contribution in [0.25, 0.3) is 22.2 Å². The number of carbonyl (C=O) groups is 2. The highest BCUT2D eigenvalue weighted by Gasteiger charge is 2.28. The van der Waals surface area contributed by atoms with Crippen LogP contribution in [0.2, 0.25) is 5.02 Å². The van der Waals surface area contributed by atoms with Gasteiger partial charge in [0.2, 0.25) is 0 Å². The van der Waals surface area contributed by atoms with Crippen LogP contribution in [0.3, 0.4) is 0 Å². The lowest BCUT2D eigenvalue weighted by molar-refractivity contribution is 0.0519. The number of pyridine rings is 1. The number of rotatable bonds is 3. The quantitative estimate of drug-likeness (QED) is 0.354. The fourth-order valence-electron chi connectivity index (χ4n) is 4.02. The highest BCUT2D eigenvalue weighted by Crippen LogP contribution is 2.31. The maximum Gasteiger partial charge on any atom is 0.289 e. The molecule has 0 bridgehead atoms. The minimum atomic E-state index is -0.161. The molecule has 0 aliphatic carbocycles. The number of amides is 2. The second kappa shape index (κ2) is 9.00. The molecular weight excluding hydrogens is 506 g/mol. The Morgan fingerprint density at radius 2 is 1.64 bits per heavy atom. The Balaban J connectivity index is 1.46. The lowest BCUT2D eigenvalue weighted by Gasteiger charge is -2.34. The van der Waals surface area contributed by atoms with Gasteiger partial charge in [-0.3, -0.25) is 9.59 Å². The number of fused-ring (bicyclic) bond motifs is 1. The lowest BCUT2D eigenvalue weighted by Crippen LogP contribution is -2.50. The van der Waals surface area contributed by atoms with Crippen LogP contribution in [-0.4, -0.2) is 52.8 Å². The topological polar surface area (TPSA) is 66.7 Å². The zero-order valence-electron chi connectivity index (χ0n) is 17.5. The Morgan fingerprint density at radius 3 is 2.33 bits per heavy atom. The molecule has 33 heavy (non-hydrogen) atoms. The molecule has 0 spiro atoms. The Bertz CT molecular complexity index is 1350. The first-order valence-electron chi connectivity index (χ1n) is 10.5. The third-order valence-corrected chi connectivity index (χ3v) is 6.56. The standard InChI is InChI=1S/C25H19BrClN3O3/c26-16-7-8-21-18(14-16)19(15-22(28-21)17-4-1-2-5-20(17)27)24(31)29-9-11-30(12-10-29)25(32)23-6-3-13-33-23/h1-8,13-15H,9-12H2. The van der Waals surface area contributed by atoms with E-state index in [1.54, 1.807) is 34.1 Å². The van der Waals surface area contributed by atoms with Gasteiger partial charge in [0, 0.05) is 46.6 Å². The SMILES string of the molecule is O=C(c1ccco1)N1CCN(C(=O)c2cc(-c3ccccc3Cl)nc3ccc(Br)cc23)CC1. The Labute approximate surface area is 203 Å². The number of hydrogen-bond acceptors (Lipinski definition) is 4. The molecule has 3 heterocycles. The fourth-order valence-corrected chi connectivity index (χ4v) is 4.61. The molecule has 2 aromatic heterocycles. The highest BCUT2D eigenvalue weighted by molar-refractivity contribution is 9.10. The summed E-state index contributed by atoms with van der Waals surface area (Å²) in [6, 6.07) is 18.3. The van der Waals surface area contributed by atoms with Gasteiger partial charge < -0.3 is 14.2 Å². The third kappa shape index (κ3) is 4.26. The first kappa shape index (κ1) is 21.7. The van der Waals surface area contributed by atoms with E-state index in [1.807, 2.05) is 36.4 Å². The van der Waals surface area contributed by atoms with Crippen molar-refractivity contribution in [3.05, 3.63) is 87.7 Å². The number of nitrogens with zero attached hydrogens (tertiary/aromatic N) is 3. The molecule has 1 fully saturated rings. The predicted molar refractivity (Wildman–Crippen MR) is 130 cm³/mol. The van der Waals surface area contributed by atoms with Crippen LogP contribution in [0, 0.1) is 0 Å². The normalized spacial score (nSPS) is 14.0. The van der Waals surface area contributed by atoms with E-state index in [-0.39, 0.29) is 11.8 Å². The molecule has 1 saturated heterocycles. The summed E-state index contributed by atoms with van der Waals surface area (Å²) in [6.07, 6.45) is 1.48. The van der Waals surface area contributed by atoms with Crippen molar-refractivity contribution >= 4 is 50.2 Å². The second-order valence-corrected chi connectivity index (χ2v) is 9.08. The molecule has 2 amide bonds. The van der Waals surface area contributed by atoms with Crippen molar-refractivity contribution in [2.75, 3.05) is 26.2 Å². The lowest BCUT2D eigenvalue weighted by atomic mass is 10.0. The van der Waals surface area contributed by atoms with Gasteiger partial charge in [0.05, 0.1) is 23.0 Å². The van der Waals surface area contributed by atoms with Gasteiger partial charge in [-0.2, -0.15) is 0 Å². The molecular formula is C25H19BrClN3O3. The van der Waals surface area contributed by atoms with Crippen LogP contribution in [0.15, 0.2) is 75.8 Å². The molecule has 6 nitrogen and oxygen atoms in total. The molecule has 1 aliphatic rings. The van der Waals surface area contributed by atoms with Crippen molar-refractivity contribution in [1.82, 2.24) is 14.8 Å². The van der Waals surface area contributed by atoms with Crippen LogP contribution in [0.5, 0.6) is 0 Å². The number of benzene rings is 2. The van der Waals surface area contributed by atoms with Gasteiger partial charge in [0.15, 0.2) is 5.76 Å². The van der Waals surface area contributed by atoms with E-state index >= 15 is 0 Å². The van der Waals surface area contributed by atoms with Crippen molar-refractivity contribution in [2.24, 2.45) is 0 Å². The molecule has 0 N–H and O–H groups in total. The molecule has 0 atom stereocenters. The van der Waals surface area contributed by atoms with E-state index < -0.39 is 0 Å². The number of piperazine rings is 1. The summed E-state index contributed by atoms with van der Waals surface area (Å²) >= 11 is 9.92. The average Bonchev–Trinajstić information content (AvgIpc) is 3.38. The molecule has 2 aromatic carbocycles. The van der Waals surface area contributed by atoms with E-state index in [9.17, 15) is 9.59 Å². The Morgan fingerprint density at radius 1 is 0.909 bits per heavy atom. The Kier molecular flexibility index (Phi) is 5.91. The molecule has 5 rings (SSSR count). The van der Waals surface area contributed by atoms with E-state index in [1.165, 1.54) is 6.26 Å². The van der Waals surface area contributed by atoms with Crippen LogP contribution < -0.4 is 0 Å². The molecule has 166 valence electrons.